The van der Waals surface area contributed by atoms with Crippen molar-refractivity contribution in [2.45, 2.75) is 31.6 Å². The summed E-state index contributed by atoms with van der Waals surface area (Å²) in [7, 11) is 0. The van der Waals surface area contributed by atoms with Crippen LogP contribution in [0, 0.1) is 11.3 Å². The second-order valence-electron chi connectivity index (χ2n) is 3.25. The Morgan fingerprint density at radius 1 is 1.67 bits per heavy atom. The molecular weight excluding hydrogens is 150 g/mol. The third-order valence-electron chi connectivity index (χ3n) is 2.44. The Morgan fingerprint density at radius 3 is 3.08 bits per heavy atom. The summed E-state index contributed by atoms with van der Waals surface area (Å²) in [5.74, 6) is 1.49. The molecule has 0 saturated heterocycles. The predicted molar refractivity (Wildman–Crippen MR) is 44.5 cm³/mol. The molecule has 1 saturated carbocycles. The molecule has 2 rings (SSSR count). The fourth-order valence-corrected chi connectivity index (χ4v) is 1.47. The topological polar surface area (TPSA) is 52.5 Å². The maximum Gasteiger partial charge on any atom is 0.120 e. The van der Waals surface area contributed by atoms with E-state index in [1.807, 2.05) is 6.20 Å². The number of imidazole rings is 1. The lowest BCUT2D eigenvalue weighted by Crippen LogP contribution is -2.08. The molecule has 3 nitrogen and oxygen atoms in total. The summed E-state index contributed by atoms with van der Waals surface area (Å²) in [6, 6.07) is 2.08. The van der Waals surface area contributed by atoms with E-state index in [0.29, 0.717) is 12.3 Å². The number of aromatic nitrogens is 2. The molecule has 12 heavy (non-hydrogen) atoms. The zero-order valence-electron chi connectivity index (χ0n) is 6.88. The van der Waals surface area contributed by atoms with Gasteiger partial charge in [0.25, 0.3) is 0 Å². The van der Waals surface area contributed by atoms with E-state index in [4.69, 9.17) is 5.26 Å². The largest absolute Gasteiger partial charge is 0.345 e. The molecule has 1 N–H and O–H groups in total. The maximum absolute atomic E-state index is 8.43. The number of hydrogen-bond donors (Lipinski definition) is 1. The zero-order valence-corrected chi connectivity index (χ0v) is 6.88. The van der Waals surface area contributed by atoms with Crippen molar-refractivity contribution in [3.05, 3.63) is 17.7 Å². The standard InChI is InChI=1S/C9H11N3/c10-5-4-9-11-6-8(12-9)7-2-1-3-7/h6-7H,1-4H2,(H,11,12). The van der Waals surface area contributed by atoms with Gasteiger partial charge < -0.3 is 4.98 Å². The van der Waals surface area contributed by atoms with Crippen LogP contribution in [0.4, 0.5) is 0 Å². The molecule has 0 radical (unpaired) electrons. The van der Waals surface area contributed by atoms with Gasteiger partial charge in [0.1, 0.15) is 5.82 Å². The first-order chi connectivity index (χ1) is 5.90. The molecule has 1 aliphatic carbocycles. The van der Waals surface area contributed by atoms with E-state index in [-0.39, 0.29) is 0 Å². The van der Waals surface area contributed by atoms with Crippen LogP contribution in [-0.4, -0.2) is 9.97 Å². The Morgan fingerprint density at radius 2 is 2.50 bits per heavy atom. The van der Waals surface area contributed by atoms with E-state index in [1.165, 1.54) is 25.0 Å². The number of H-pyrrole nitrogens is 1. The second-order valence-corrected chi connectivity index (χ2v) is 3.25. The number of nitrogens with zero attached hydrogens (tertiary/aromatic N) is 2. The van der Waals surface area contributed by atoms with Gasteiger partial charge in [0, 0.05) is 17.8 Å². The molecule has 0 aromatic carbocycles. The molecule has 1 aromatic heterocycles. The van der Waals surface area contributed by atoms with Crippen molar-refractivity contribution in [1.82, 2.24) is 9.97 Å². The van der Waals surface area contributed by atoms with Crippen LogP contribution in [0.2, 0.25) is 0 Å². The lowest BCUT2D eigenvalue weighted by atomic mass is 9.83. The quantitative estimate of drug-likeness (QED) is 0.718. The van der Waals surface area contributed by atoms with E-state index in [1.54, 1.807) is 0 Å². The maximum atomic E-state index is 8.43. The van der Waals surface area contributed by atoms with Crippen molar-refractivity contribution in [1.29, 1.82) is 5.26 Å². The second kappa shape index (κ2) is 2.98. The van der Waals surface area contributed by atoms with Gasteiger partial charge in [-0.1, -0.05) is 6.42 Å². The molecule has 0 bridgehead atoms. The Labute approximate surface area is 71.4 Å². The summed E-state index contributed by atoms with van der Waals surface area (Å²) in [6.07, 6.45) is 6.14. The number of hydrogen-bond acceptors (Lipinski definition) is 2. The summed E-state index contributed by atoms with van der Waals surface area (Å²) in [4.78, 5) is 7.31. The third kappa shape index (κ3) is 1.20. The van der Waals surface area contributed by atoms with Gasteiger partial charge in [-0.25, -0.2) is 4.98 Å². The van der Waals surface area contributed by atoms with Gasteiger partial charge in [-0.2, -0.15) is 5.26 Å². The van der Waals surface area contributed by atoms with Crippen LogP contribution in [0.5, 0.6) is 0 Å². The molecule has 1 fully saturated rings. The minimum Gasteiger partial charge on any atom is -0.345 e. The summed E-state index contributed by atoms with van der Waals surface area (Å²) in [5, 5.41) is 8.43. The van der Waals surface area contributed by atoms with Crippen LogP contribution in [0.3, 0.4) is 0 Å². The molecule has 1 heterocycles. The van der Waals surface area contributed by atoms with Crippen molar-refractivity contribution in [2.24, 2.45) is 0 Å². The van der Waals surface area contributed by atoms with E-state index in [2.05, 4.69) is 16.0 Å². The van der Waals surface area contributed by atoms with Crippen LogP contribution in [0.15, 0.2) is 6.20 Å². The van der Waals surface area contributed by atoms with Crippen molar-refractivity contribution in [3.8, 4) is 6.07 Å². The lowest BCUT2D eigenvalue weighted by Gasteiger charge is -2.23. The van der Waals surface area contributed by atoms with Crippen molar-refractivity contribution >= 4 is 0 Å². The smallest absolute Gasteiger partial charge is 0.120 e. The highest BCUT2D eigenvalue weighted by Gasteiger charge is 2.20. The summed E-state index contributed by atoms with van der Waals surface area (Å²) >= 11 is 0. The van der Waals surface area contributed by atoms with E-state index in [9.17, 15) is 0 Å². The molecule has 1 aliphatic rings. The fourth-order valence-electron chi connectivity index (χ4n) is 1.47. The van der Waals surface area contributed by atoms with Crippen LogP contribution in [0.25, 0.3) is 0 Å². The Kier molecular flexibility index (Phi) is 1.83. The normalized spacial score (nSPS) is 16.9. The Balaban J connectivity index is 2.08. The van der Waals surface area contributed by atoms with Gasteiger partial charge in [0.05, 0.1) is 12.5 Å². The van der Waals surface area contributed by atoms with Gasteiger partial charge in [0.15, 0.2) is 0 Å². The van der Waals surface area contributed by atoms with Crippen LogP contribution in [0.1, 0.15) is 36.7 Å². The van der Waals surface area contributed by atoms with Gasteiger partial charge in [0.2, 0.25) is 0 Å². The molecule has 3 heteroatoms. The zero-order chi connectivity index (χ0) is 8.39. The first-order valence-corrected chi connectivity index (χ1v) is 4.31. The van der Waals surface area contributed by atoms with Gasteiger partial charge in [-0.15, -0.1) is 0 Å². The minimum absolute atomic E-state index is 0.396. The van der Waals surface area contributed by atoms with E-state index >= 15 is 0 Å². The Bertz CT molecular complexity index is 304. The highest BCUT2D eigenvalue weighted by atomic mass is 14.9. The molecule has 1 aromatic rings. The van der Waals surface area contributed by atoms with Crippen LogP contribution < -0.4 is 0 Å². The van der Waals surface area contributed by atoms with Crippen molar-refractivity contribution in [2.75, 3.05) is 0 Å². The molecule has 62 valence electrons. The number of nitriles is 1. The number of rotatable bonds is 2. The first-order valence-electron chi connectivity index (χ1n) is 4.31. The first kappa shape index (κ1) is 7.35. The van der Waals surface area contributed by atoms with Crippen LogP contribution in [-0.2, 0) is 6.42 Å². The minimum atomic E-state index is 0.396. The molecular formula is C9H11N3. The average Bonchev–Trinajstić information content (AvgIpc) is 2.34. The predicted octanol–water partition coefficient (Wildman–Crippen LogP) is 1.74. The van der Waals surface area contributed by atoms with Gasteiger partial charge >= 0.3 is 0 Å². The molecule has 0 amide bonds. The van der Waals surface area contributed by atoms with Gasteiger partial charge in [-0.05, 0) is 12.8 Å². The fraction of sp³-hybridized carbons (Fsp3) is 0.556. The highest BCUT2D eigenvalue weighted by molar-refractivity contribution is 5.11. The third-order valence-corrected chi connectivity index (χ3v) is 2.44. The van der Waals surface area contributed by atoms with Gasteiger partial charge in [-0.3, -0.25) is 0 Å². The monoisotopic (exact) mass is 161 g/mol. The highest BCUT2D eigenvalue weighted by Crippen LogP contribution is 2.35. The molecule has 0 atom stereocenters. The summed E-state index contributed by atoms with van der Waals surface area (Å²) in [5.41, 5.74) is 1.21. The summed E-state index contributed by atoms with van der Waals surface area (Å²) < 4.78 is 0. The summed E-state index contributed by atoms with van der Waals surface area (Å²) in [6.45, 7) is 0. The average molecular weight is 161 g/mol. The van der Waals surface area contributed by atoms with E-state index < -0.39 is 0 Å². The number of aromatic amines is 1. The van der Waals surface area contributed by atoms with Crippen molar-refractivity contribution in [3.63, 3.8) is 0 Å². The van der Waals surface area contributed by atoms with E-state index in [0.717, 1.165) is 5.82 Å². The number of nitrogens with one attached hydrogen (secondary N) is 1. The molecule has 0 unspecified atom stereocenters. The SMILES string of the molecule is N#CCc1ncc(C2CCC2)[nH]1. The lowest BCUT2D eigenvalue weighted by molar-refractivity contribution is 0.412. The Hall–Kier alpha value is -1.30. The molecule has 0 aliphatic heterocycles. The van der Waals surface area contributed by atoms with Crippen LogP contribution >= 0.6 is 0 Å². The van der Waals surface area contributed by atoms with Crippen molar-refractivity contribution < 1.29 is 0 Å². The molecule has 0 spiro atoms.